The van der Waals surface area contributed by atoms with Crippen LogP contribution in [0.5, 0.6) is 0 Å². The summed E-state index contributed by atoms with van der Waals surface area (Å²) in [5.41, 5.74) is -0.0322. The molecule has 1 saturated carbocycles. The summed E-state index contributed by atoms with van der Waals surface area (Å²) in [6, 6.07) is 0.465. The van der Waals surface area contributed by atoms with E-state index in [-0.39, 0.29) is 5.60 Å². The van der Waals surface area contributed by atoms with Gasteiger partial charge in [0, 0.05) is 20.3 Å². The summed E-state index contributed by atoms with van der Waals surface area (Å²) in [7, 11) is 3.63. The third kappa shape index (κ3) is 4.94. The van der Waals surface area contributed by atoms with Crippen LogP contribution in [0.3, 0.4) is 0 Å². The van der Waals surface area contributed by atoms with Crippen molar-refractivity contribution in [2.75, 3.05) is 20.8 Å². The smallest absolute Gasteiger partial charge is 0.0752 e. The Hall–Kier alpha value is -0.120. The predicted octanol–water partition coefficient (Wildman–Crippen LogP) is 2.59. The third-order valence-electron chi connectivity index (χ3n) is 3.83. The van der Waals surface area contributed by atoms with Crippen LogP contribution in [0.25, 0.3) is 0 Å². The Balaban J connectivity index is 2.46. The van der Waals surface area contributed by atoms with Crippen molar-refractivity contribution in [3.8, 4) is 0 Å². The normalized spacial score (nSPS) is 20.3. The number of hydrogen-bond donors (Lipinski definition) is 1. The minimum absolute atomic E-state index is 0.0322. The van der Waals surface area contributed by atoms with E-state index in [4.69, 9.17) is 9.47 Å². The van der Waals surface area contributed by atoms with E-state index in [1.165, 1.54) is 12.8 Å². The van der Waals surface area contributed by atoms with Crippen molar-refractivity contribution in [3.05, 3.63) is 0 Å². The molecule has 2 atom stereocenters. The highest BCUT2D eigenvalue weighted by molar-refractivity contribution is 4.91. The number of methoxy groups -OCH3 is 2. The molecular formula is C14H29NO2. The zero-order valence-electron chi connectivity index (χ0n) is 12.1. The molecule has 17 heavy (non-hydrogen) atoms. The second-order valence-corrected chi connectivity index (χ2v) is 5.70. The molecule has 1 aliphatic rings. The maximum absolute atomic E-state index is 5.68. The first-order valence-electron chi connectivity index (χ1n) is 6.85. The van der Waals surface area contributed by atoms with Crippen LogP contribution in [-0.4, -0.2) is 38.5 Å². The molecule has 0 aromatic rings. The van der Waals surface area contributed by atoms with Gasteiger partial charge in [-0.15, -0.1) is 0 Å². The zero-order valence-corrected chi connectivity index (χ0v) is 12.1. The van der Waals surface area contributed by atoms with Crippen LogP contribution in [0.4, 0.5) is 0 Å². The van der Waals surface area contributed by atoms with Gasteiger partial charge in [0.25, 0.3) is 0 Å². The molecule has 2 unspecified atom stereocenters. The van der Waals surface area contributed by atoms with Crippen molar-refractivity contribution in [1.82, 2.24) is 5.32 Å². The number of ether oxygens (including phenoxy) is 2. The van der Waals surface area contributed by atoms with E-state index in [1.807, 2.05) is 7.11 Å². The maximum Gasteiger partial charge on any atom is 0.0752 e. The molecule has 0 bridgehead atoms. The van der Waals surface area contributed by atoms with Crippen molar-refractivity contribution in [2.45, 2.75) is 64.2 Å². The molecule has 3 heteroatoms. The molecule has 0 heterocycles. The fraction of sp³-hybridized carbons (Fsp3) is 1.00. The second kappa shape index (κ2) is 6.72. The van der Waals surface area contributed by atoms with Gasteiger partial charge in [0.15, 0.2) is 0 Å². The summed E-state index contributed by atoms with van der Waals surface area (Å²) < 4.78 is 11.2. The SMILES string of the molecule is CCNC(CCC(C)(C)OC)C(OC)C1CC1. The van der Waals surface area contributed by atoms with E-state index in [0.29, 0.717) is 12.1 Å². The standard InChI is InChI=1S/C14H29NO2/c1-6-15-12(9-10-14(2,3)17-5)13(16-4)11-7-8-11/h11-13,15H,6-10H2,1-5H3. The second-order valence-electron chi connectivity index (χ2n) is 5.70. The Morgan fingerprint density at radius 1 is 1.29 bits per heavy atom. The highest BCUT2D eigenvalue weighted by Crippen LogP contribution is 2.36. The minimum atomic E-state index is -0.0322. The van der Waals surface area contributed by atoms with Gasteiger partial charge in [-0.2, -0.15) is 0 Å². The fourth-order valence-corrected chi connectivity index (χ4v) is 2.36. The summed E-state index contributed by atoms with van der Waals surface area (Å²) >= 11 is 0. The van der Waals surface area contributed by atoms with Crippen molar-refractivity contribution in [3.63, 3.8) is 0 Å². The van der Waals surface area contributed by atoms with Gasteiger partial charge in [-0.05, 0) is 52.0 Å². The van der Waals surface area contributed by atoms with Gasteiger partial charge in [0.1, 0.15) is 0 Å². The lowest BCUT2D eigenvalue weighted by Crippen LogP contribution is -2.43. The number of nitrogens with one attached hydrogen (secondary N) is 1. The largest absolute Gasteiger partial charge is 0.380 e. The summed E-state index contributed by atoms with van der Waals surface area (Å²) in [6.07, 6.45) is 5.21. The predicted molar refractivity (Wildman–Crippen MR) is 71.3 cm³/mol. The zero-order chi connectivity index (χ0) is 12.9. The Morgan fingerprint density at radius 2 is 1.94 bits per heavy atom. The molecule has 0 spiro atoms. The average Bonchev–Trinajstić information content (AvgIpc) is 3.11. The van der Waals surface area contributed by atoms with Crippen molar-refractivity contribution >= 4 is 0 Å². The average molecular weight is 243 g/mol. The molecule has 0 radical (unpaired) electrons. The minimum Gasteiger partial charge on any atom is -0.380 e. The highest BCUT2D eigenvalue weighted by Gasteiger charge is 2.36. The molecule has 102 valence electrons. The Bertz CT molecular complexity index is 214. The van der Waals surface area contributed by atoms with Gasteiger partial charge >= 0.3 is 0 Å². The van der Waals surface area contributed by atoms with Crippen LogP contribution in [0.15, 0.2) is 0 Å². The van der Waals surface area contributed by atoms with Crippen molar-refractivity contribution in [2.24, 2.45) is 5.92 Å². The summed E-state index contributed by atoms with van der Waals surface area (Å²) in [4.78, 5) is 0. The van der Waals surface area contributed by atoms with Gasteiger partial charge in [0.05, 0.1) is 11.7 Å². The summed E-state index contributed by atoms with van der Waals surface area (Å²) in [5.74, 6) is 0.773. The lowest BCUT2D eigenvalue weighted by atomic mass is 9.94. The van der Waals surface area contributed by atoms with Crippen molar-refractivity contribution < 1.29 is 9.47 Å². The Kier molecular flexibility index (Phi) is 5.90. The molecule has 0 saturated heterocycles. The van der Waals surface area contributed by atoms with Crippen LogP contribution in [0, 0.1) is 5.92 Å². The first-order valence-corrected chi connectivity index (χ1v) is 6.85. The van der Waals surface area contributed by atoms with E-state index in [1.54, 1.807) is 7.11 Å². The molecule has 1 N–H and O–H groups in total. The molecule has 0 aromatic heterocycles. The molecule has 0 aliphatic heterocycles. The fourth-order valence-electron chi connectivity index (χ4n) is 2.36. The molecule has 1 aliphatic carbocycles. The topological polar surface area (TPSA) is 30.5 Å². The molecular weight excluding hydrogens is 214 g/mol. The highest BCUT2D eigenvalue weighted by atomic mass is 16.5. The van der Waals surface area contributed by atoms with Gasteiger partial charge < -0.3 is 14.8 Å². The molecule has 1 rings (SSSR count). The van der Waals surface area contributed by atoms with Crippen molar-refractivity contribution in [1.29, 1.82) is 0 Å². The first kappa shape index (κ1) is 14.9. The number of rotatable bonds is 9. The summed E-state index contributed by atoms with van der Waals surface area (Å²) in [6.45, 7) is 7.46. The van der Waals surface area contributed by atoms with Gasteiger partial charge in [-0.25, -0.2) is 0 Å². The summed E-state index contributed by atoms with van der Waals surface area (Å²) in [5, 5.41) is 3.57. The monoisotopic (exact) mass is 243 g/mol. The van der Waals surface area contributed by atoms with Crippen LogP contribution < -0.4 is 5.32 Å². The van der Waals surface area contributed by atoms with Crippen LogP contribution in [0.1, 0.15) is 46.5 Å². The van der Waals surface area contributed by atoms with Gasteiger partial charge in [-0.3, -0.25) is 0 Å². The quantitative estimate of drug-likeness (QED) is 0.675. The van der Waals surface area contributed by atoms with E-state index in [9.17, 15) is 0 Å². The van der Waals surface area contributed by atoms with E-state index in [2.05, 4.69) is 26.1 Å². The van der Waals surface area contributed by atoms with Crippen LogP contribution >= 0.6 is 0 Å². The van der Waals surface area contributed by atoms with Gasteiger partial charge in [0.2, 0.25) is 0 Å². The molecule has 1 fully saturated rings. The maximum atomic E-state index is 5.68. The number of likely N-dealkylation sites (N-methyl/N-ethyl adjacent to an activating group) is 1. The molecule has 0 amide bonds. The molecule has 3 nitrogen and oxygen atoms in total. The third-order valence-corrected chi connectivity index (χ3v) is 3.83. The lowest BCUT2D eigenvalue weighted by Gasteiger charge is -2.30. The van der Waals surface area contributed by atoms with E-state index in [0.717, 1.165) is 25.3 Å². The lowest BCUT2D eigenvalue weighted by molar-refractivity contribution is -0.000734. The number of hydrogen-bond acceptors (Lipinski definition) is 3. The van der Waals surface area contributed by atoms with Gasteiger partial charge in [-0.1, -0.05) is 6.92 Å². The van der Waals surface area contributed by atoms with Crippen LogP contribution in [-0.2, 0) is 9.47 Å². The van der Waals surface area contributed by atoms with E-state index >= 15 is 0 Å². The van der Waals surface area contributed by atoms with Crippen LogP contribution in [0.2, 0.25) is 0 Å². The Labute approximate surface area is 106 Å². The first-order chi connectivity index (χ1) is 8.04. The molecule has 0 aromatic carbocycles. The van der Waals surface area contributed by atoms with E-state index < -0.39 is 0 Å². The Morgan fingerprint density at radius 3 is 2.35 bits per heavy atom.